The molecule has 0 saturated heterocycles. The average Bonchev–Trinajstić information content (AvgIpc) is 2.80. The summed E-state index contributed by atoms with van der Waals surface area (Å²) in [5, 5.41) is 13.0. The number of fused-ring (bicyclic) bond motifs is 2. The van der Waals surface area contributed by atoms with E-state index in [2.05, 4.69) is 5.32 Å². The lowest BCUT2D eigenvalue weighted by Crippen LogP contribution is -2.52. The summed E-state index contributed by atoms with van der Waals surface area (Å²) in [6.45, 7) is 1.91. The van der Waals surface area contributed by atoms with Crippen LogP contribution < -0.4 is 15.7 Å². The lowest BCUT2D eigenvalue weighted by atomic mass is 9.99. The maximum Gasteiger partial charge on any atom is 0.336 e. The third-order valence-electron chi connectivity index (χ3n) is 5.55. The number of amides is 2. The van der Waals surface area contributed by atoms with Crippen molar-refractivity contribution in [1.29, 1.82) is 0 Å². The van der Waals surface area contributed by atoms with Gasteiger partial charge in [0, 0.05) is 30.6 Å². The largest absolute Gasteiger partial charge is 0.484 e. The molecule has 4 rings (SSSR count). The van der Waals surface area contributed by atoms with Crippen molar-refractivity contribution in [2.24, 2.45) is 0 Å². The number of aliphatic hydroxyl groups excluding tert-OH is 1. The molecule has 3 aromatic rings. The first kappa shape index (κ1) is 21.6. The van der Waals surface area contributed by atoms with Crippen LogP contribution in [0.2, 0.25) is 0 Å². The molecule has 8 heteroatoms. The van der Waals surface area contributed by atoms with Gasteiger partial charge in [0.25, 0.3) is 5.91 Å². The molecule has 0 radical (unpaired) electrons. The molecule has 2 aromatic carbocycles. The molecule has 0 spiro atoms. The van der Waals surface area contributed by atoms with Crippen LogP contribution in [0.1, 0.15) is 16.7 Å². The minimum absolute atomic E-state index is 0.335. The summed E-state index contributed by atoms with van der Waals surface area (Å²) >= 11 is 0. The minimum Gasteiger partial charge on any atom is -0.484 e. The van der Waals surface area contributed by atoms with Gasteiger partial charge in [-0.3, -0.25) is 9.59 Å². The fourth-order valence-corrected chi connectivity index (χ4v) is 3.87. The second-order valence-electron chi connectivity index (χ2n) is 7.78. The maximum atomic E-state index is 12.8. The lowest BCUT2D eigenvalue weighted by molar-refractivity contribution is -0.138. The summed E-state index contributed by atoms with van der Waals surface area (Å²) in [5.41, 5.74) is 2.95. The molecule has 0 fully saturated rings. The Labute approximate surface area is 184 Å². The highest BCUT2D eigenvalue weighted by atomic mass is 16.5. The van der Waals surface area contributed by atoms with Gasteiger partial charge in [0.2, 0.25) is 5.91 Å². The molecule has 32 heavy (non-hydrogen) atoms. The highest BCUT2D eigenvalue weighted by molar-refractivity contribution is 5.88. The van der Waals surface area contributed by atoms with Gasteiger partial charge >= 0.3 is 5.63 Å². The zero-order valence-electron chi connectivity index (χ0n) is 17.7. The highest BCUT2D eigenvalue weighted by Gasteiger charge is 2.28. The predicted molar refractivity (Wildman–Crippen MR) is 117 cm³/mol. The zero-order valence-corrected chi connectivity index (χ0v) is 17.7. The molecular weight excluding hydrogens is 412 g/mol. The number of hydrogen-bond donors (Lipinski definition) is 2. The maximum absolute atomic E-state index is 12.8. The Balaban J connectivity index is 1.36. The quantitative estimate of drug-likeness (QED) is 0.568. The fraction of sp³-hybridized carbons (Fsp3) is 0.292. The Morgan fingerprint density at radius 1 is 1.19 bits per heavy atom. The van der Waals surface area contributed by atoms with Crippen LogP contribution in [0, 0.1) is 6.92 Å². The summed E-state index contributed by atoms with van der Waals surface area (Å²) in [5.74, 6) is -0.528. The number of aryl methyl sites for hydroxylation is 1. The molecule has 1 aliphatic rings. The van der Waals surface area contributed by atoms with E-state index in [0.717, 1.165) is 22.9 Å². The van der Waals surface area contributed by atoms with Crippen molar-refractivity contribution in [2.45, 2.75) is 25.9 Å². The standard InChI is InChI=1S/C24H24N2O6/c1-15-10-23(29)32-21-11-18(6-7-19(15)21)31-14-22(28)25-20(13-27)24(30)26-9-8-16-4-2-3-5-17(16)12-26/h2-7,10-11,20,27H,8-9,12-14H2,1H3,(H,25,28)/t20-/m0/s1. The van der Waals surface area contributed by atoms with Gasteiger partial charge in [-0.15, -0.1) is 0 Å². The molecule has 2 N–H and O–H groups in total. The topological polar surface area (TPSA) is 109 Å². The first-order chi connectivity index (χ1) is 15.4. The van der Waals surface area contributed by atoms with Crippen LogP contribution in [0.4, 0.5) is 0 Å². The monoisotopic (exact) mass is 436 g/mol. The molecule has 0 aliphatic carbocycles. The Morgan fingerprint density at radius 3 is 2.75 bits per heavy atom. The number of hydrogen-bond acceptors (Lipinski definition) is 6. The van der Waals surface area contributed by atoms with Crippen LogP contribution in [0.25, 0.3) is 11.0 Å². The van der Waals surface area contributed by atoms with Crippen molar-refractivity contribution in [3.05, 3.63) is 75.6 Å². The zero-order chi connectivity index (χ0) is 22.7. The lowest BCUT2D eigenvalue weighted by Gasteiger charge is -2.31. The molecule has 0 saturated carbocycles. The van der Waals surface area contributed by atoms with Crippen LogP contribution in [0.3, 0.4) is 0 Å². The van der Waals surface area contributed by atoms with Gasteiger partial charge in [-0.2, -0.15) is 0 Å². The van der Waals surface area contributed by atoms with Crippen molar-refractivity contribution in [3.63, 3.8) is 0 Å². The number of nitrogens with zero attached hydrogens (tertiary/aromatic N) is 1. The van der Waals surface area contributed by atoms with E-state index in [1.165, 1.54) is 17.7 Å². The Hall–Kier alpha value is -3.65. The van der Waals surface area contributed by atoms with Gasteiger partial charge < -0.3 is 24.5 Å². The fourth-order valence-electron chi connectivity index (χ4n) is 3.87. The summed E-state index contributed by atoms with van der Waals surface area (Å²) in [6, 6.07) is 13.2. The third kappa shape index (κ3) is 4.65. The number of carbonyl (C=O) groups excluding carboxylic acids is 2. The summed E-state index contributed by atoms with van der Waals surface area (Å²) in [7, 11) is 0. The predicted octanol–water partition coefficient (Wildman–Crippen LogP) is 1.54. The van der Waals surface area contributed by atoms with Crippen LogP contribution in [-0.2, 0) is 22.6 Å². The molecule has 1 aromatic heterocycles. The second kappa shape index (κ2) is 9.23. The van der Waals surface area contributed by atoms with Crippen LogP contribution in [0.5, 0.6) is 5.75 Å². The number of carbonyl (C=O) groups is 2. The van der Waals surface area contributed by atoms with E-state index in [1.807, 2.05) is 24.3 Å². The molecule has 2 heterocycles. The summed E-state index contributed by atoms with van der Waals surface area (Å²) in [4.78, 5) is 38.4. The van der Waals surface area contributed by atoms with E-state index in [0.29, 0.717) is 24.4 Å². The van der Waals surface area contributed by atoms with E-state index in [9.17, 15) is 19.5 Å². The van der Waals surface area contributed by atoms with E-state index < -0.39 is 24.2 Å². The van der Waals surface area contributed by atoms with Crippen molar-refractivity contribution in [1.82, 2.24) is 10.2 Å². The second-order valence-corrected chi connectivity index (χ2v) is 7.78. The number of benzene rings is 2. The van der Waals surface area contributed by atoms with Crippen molar-refractivity contribution >= 4 is 22.8 Å². The number of aliphatic hydroxyl groups is 1. The van der Waals surface area contributed by atoms with Gasteiger partial charge in [-0.05, 0) is 42.2 Å². The van der Waals surface area contributed by atoms with E-state index in [1.54, 1.807) is 24.0 Å². The molecular formula is C24H24N2O6. The average molecular weight is 436 g/mol. The third-order valence-corrected chi connectivity index (χ3v) is 5.55. The van der Waals surface area contributed by atoms with E-state index in [4.69, 9.17) is 9.15 Å². The number of rotatable bonds is 6. The molecule has 8 nitrogen and oxygen atoms in total. The number of nitrogens with one attached hydrogen (secondary N) is 1. The van der Waals surface area contributed by atoms with Crippen molar-refractivity contribution in [3.8, 4) is 5.75 Å². The van der Waals surface area contributed by atoms with E-state index >= 15 is 0 Å². The van der Waals surface area contributed by atoms with Crippen LogP contribution >= 0.6 is 0 Å². The molecule has 2 amide bonds. The molecule has 0 bridgehead atoms. The van der Waals surface area contributed by atoms with Gasteiger partial charge in [0.15, 0.2) is 6.61 Å². The Kier molecular flexibility index (Phi) is 6.23. The first-order valence-electron chi connectivity index (χ1n) is 10.4. The van der Waals surface area contributed by atoms with Gasteiger partial charge in [-0.1, -0.05) is 24.3 Å². The Bertz CT molecular complexity index is 1220. The van der Waals surface area contributed by atoms with Crippen molar-refractivity contribution in [2.75, 3.05) is 19.8 Å². The normalized spacial score (nSPS) is 14.0. The summed E-state index contributed by atoms with van der Waals surface area (Å²) in [6.07, 6.45) is 0.731. The number of ether oxygens (including phenoxy) is 1. The molecule has 166 valence electrons. The Morgan fingerprint density at radius 2 is 1.97 bits per heavy atom. The molecule has 1 atom stereocenters. The smallest absolute Gasteiger partial charge is 0.336 e. The van der Waals surface area contributed by atoms with Gasteiger partial charge in [0.1, 0.15) is 17.4 Å². The highest BCUT2D eigenvalue weighted by Crippen LogP contribution is 2.22. The van der Waals surface area contributed by atoms with Crippen LogP contribution in [-0.4, -0.2) is 47.6 Å². The van der Waals surface area contributed by atoms with Gasteiger partial charge in [-0.25, -0.2) is 4.79 Å². The molecule has 0 unspecified atom stereocenters. The van der Waals surface area contributed by atoms with Crippen molar-refractivity contribution < 1.29 is 23.8 Å². The SMILES string of the molecule is Cc1cc(=O)oc2cc(OCC(=O)N[C@@H](CO)C(=O)N3CCc4ccccc4C3)ccc12. The summed E-state index contributed by atoms with van der Waals surface area (Å²) < 4.78 is 10.7. The van der Waals surface area contributed by atoms with Gasteiger partial charge in [0.05, 0.1) is 6.61 Å². The van der Waals surface area contributed by atoms with Crippen LogP contribution in [0.15, 0.2) is 57.7 Å². The first-order valence-corrected chi connectivity index (χ1v) is 10.4. The molecule has 1 aliphatic heterocycles. The minimum atomic E-state index is -1.05. The van der Waals surface area contributed by atoms with E-state index in [-0.39, 0.29) is 12.5 Å².